The summed E-state index contributed by atoms with van der Waals surface area (Å²) in [6.07, 6.45) is 55.7. The van der Waals surface area contributed by atoms with Gasteiger partial charge in [-0.15, -0.1) is 0 Å². The third-order valence-corrected chi connectivity index (χ3v) is 19.2. The van der Waals surface area contributed by atoms with Gasteiger partial charge in [-0.05, 0) is 31.6 Å². The Morgan fingerprint density at radius 1 is 0.290 bits per heavy atom. The SMILES string of the molecule is CCCCCCCCCCCCCCCCCCCCCCCC(=O)O[C@H](COC(=O)CCCCCCCCCCCCCC(C)C)COP(=O)(O)OC[C@@H](O)COP(=O)(O)OC[C@@H](COC(=O)CCCCCCCCC)OC(=O)CCCCCCCCCCCCC. The maximum Gasteiger partial charge on any atom is 0.472 e. The lowest BCUT2D eigenvalue weighted by Gasteiger charge is -2.21. The normalized spacial score (nSPS) is 14.0. The molecule has 2 unspecified atom stereocenters. The minimum atomic E-state index is -4.95. The lowest BCUT2D eigenvalue weighted by molar-refractivity contribution is -0.161. The molecule has 0 radical (unpaired) electrons. The number of phosphoric ester groups is 2. The Kier molecular flexibility index (Phi) is 65.9. The van der Waals surface area contributed by atoms with Crippen LogP contribution in [-0.2, 0) is 65.4 Å². The monoisotopic (exact) mass is 1370 g/mol. The van der Waals surface area contributed by atoms with Crippen LogP contribution in [0.3, 0.4) is 0 Å². The second-order valence-electron chi connectivity index (χ2n) is 27.2. The van der Waals surface area contributed by atoms with Crippen molar-refractivity contribution in [1.29, 1.82) is 0 Å². The summed E-state index contributed by atoms with van der Waals surface area (Å²) in [4.78, 5) is 72.5. The van der Waals surface area contributed by atoms with E-state index in [9.17, 15) is 43.2 Å². The van der Waals surface area contributed by atoms with Gasteiger partial charge in [-0.1, -0.05) is 336 Å². The number of phosphoric acid groups is 2. The fourth-order valence-electron chi connectivity index (χ4n) is 11.4. The van der Waals surface area contributed by atoms with Gasteiger partial charge in [0.15, 0.2) is 12.2 Å². The number of hydrogen-bond acceptors (Lipinski definition) is 15. The van der Waals surface area contributed by atoms with Gasteiger partial charge < -0.3 is 33.8 Å². The van der Waals surface area contributed by atoms with Crippen LogP contribution in [0.2, 0.25) is 0 Å². The van der Waals surface area contributed by atoms with Gasteiger partial charge in [-0.3, -0.25) is 37.3 Å². The number of carbonyl (C=O) groups is 4. The number of aliphatic hydroxyl groups is 1. The molecule has 0 amide bonds. The van der Waals surface area contributed by atoms with Gasteiger partial charge in [0.25, 0.3) is 0 Å². The summed E-state index contributed by atoms with van der Waals surface area (Å²) in [7, 11) is -9.90. The van der Waals surface area contributed by atoms with E-state index in [1.165, 1.54) is 199 Å². The maximum absolute atomic E-state index is 13.1. The number of rotatable bonds is 74. The van der Waals surface area contributed by atoms with Gasteiger partial charge in [0.05, 0.1) is 26.4 Å². The van der Waals surface area contributed by atoms with Crippen LogP contribution in [0.25, 0.3) is 0 Å². The highest BCUT2D eigenvalue weighted by molar-refractivity contribution is 7.47. The van der Waals surface area contributed by atoms with Crippen LogP contribution in [0, 0.1) is 5.92 Å². The molecule has 19 heteroatoms. The van der Waals surface area contributed by atoms with E-state index in [0.717, 1.165) is 109 Å². The molecule has 0 bridgehead atoms. The van der Waals surface area contributed by atoms with Gasteiger partial charge in [0.2, 0.25) is 0 Å². The molecule has 0 aliphatic rings. The first kappa shape index (κ1) is 91.1. The molecule has 0 saturated heterocycles. The molecule has 0 aliphatic carbocycles. The van der Waals surface area contributed by atoms with Crippen LogP contribution < -0.4 is 0 Å². The molecule has 17 nitrogen and oxygen atoms in total. The topological polar surface area (TPSA) is 237 Å². The minimum absolute atomic E-state index is 0.107. The summed E-state index contributed by atoms with van der Waals surface area (Å²) < 4.78 is 68.3. The van der Waals surface area contributed by atoms with Crippen molar-refractivity contribution in [2.45, 2.75) is 406 Å². The zero-order chi connectivity index (χ0) is 68.4. The molecule has 0 aromatic heterocycles. The van der Waals surface area contributed by atoms with Gasteiger partial charge in [0, 0.05) is 25.7 Å². The van der Waals surface area contributed by atoms with Crippen LogP contribution in [0.1, 0.15) is 388 Å². The third-order valence-electron chi connectivity index (χ3n) is 17.3. The average molecular weight is 1370 g/mol. The van der Waals surface area contributed by atoms with E-state index in [0.29, 0.717) is 25.7 Å². The van der Waals surface area contributed by atoms with Crippen molar-refractivity contribution in [1.82, 2.24) is 0 Å². The number of esters is 4. The predicted molar refractivity (Wildman–Crippen MR) is 377 cm³/mol. The van der Waals surface area contributed by atoms with E-state index in [2.05, 4.69) is 34.6 Å². The van der Waals surface area contributed by atoms with Crippen molar-refractivity contribution >= 4 is 39.5 Å². The second kappa shape index (κ2) is 67.3. The maximum atomic E-state index is 13.1. The first-order chi connectivity index (χ1) is 45.0. The Bertz CT molecular complexity index is 1790. The van der Waals surface area contributed by atoms with Crippen LogP contribution in [0.4, 0.5) is 0 Å². The zero-order valence-corrected chi connectivity index (χ0v) is 62.2. The molecule has 552 valence electrons. The summed E-state index contributed by atoms with van der Waals surface area (Å²) in [6, 6.07) is 0. The van der Waals surface area contributed by atoms with E-state index in [-0.39, 0.29) is 25.7 Å². The Balaban J connectivity index is 5.15. The molecule has 0 rings (SSSR count). The van der Waals surface area contributed by atoms with E-state index >= 15 is 0 Å². The highest BCUT2D eigenvalue weighted by Crippen LogP contribution is 2.45. The predicted octanol–water partition coefficient (Wildman–Crippen LogP) is 21.7. The molecule has 0 fully saturated rings. The van der Waals surface area contributed by atoms with Gasteiger partial charge in [-0.25, -0.2) is 9.13 Å². The number of unbranched alkanes of at least 4 members (excludes halogenated alkanes) is 46. The summed E-state index contributed by atoms with van der Waals surface area (Å²) >= 11 is 0. The average Bonchev–Trinajstić information content (AvgIpc) is 1.86. The molecule has 0 aromatic carbocycles. The van der Waals surface area contributed by atoms with Crippen molar-refractivity contribution in [2.24, 2.45) is 5.92 Å². The lowest BCUT2D eigenvalue weighted by atomic mass is 10.0. The highest BCUT2D eigenvalue weighted by Gasteiger charge is 2.30. The van der Waals surface area contributed by atoms with E-state index in [1.54, 1.807) is 0 Å². The first-order valence-electron chi connectivity index (χ1n) is 38.6. The molecule has 0 aromatic rings. The van der Waals surface area contributed by atoms with Crippen molar-refractivity contribution in [3.8, 4) is 0 Å². The molecule has 3 N–H and O–H groups in total. The minimum Gasteiger partial charge on any atom is -0.462 e. The molecule has 0 spiro atoms. The largest absolute Gasteiger partial charge is 0.472 e. The van der Waals surface area contributed by atoms with Crippen LogP contribution in [0.15, 0.2) is 0 Å². The van der Waals surface area contributed by atoms with Crippen molar-refractivity contribution in [3.63, 3.8) is 0 Å². The second-order valence-corrected chi connectivity index (χ2v) is 30.1. The zero-order valence-electron chi connectivity index (χ0n) is 60.4. The Morgan fingerprint density at radius 2 is 0.495 bits per heavy atom. The van der Waals surface area contributed by atoms with Gasteiger partial charge in [0.1, 0.15) is 19.3 Å². The Morgan fingerprint density at radius 3 is 0.731 bits per heavy atom. The van der Waals surface area contributed by atoms with Gasteiger partial charge in [-0.2, -0.15) is 0 Å². The lowest BCUT2D eigenvalue weighted by Crippen LogP contribution is -2.30. The number of ether oxygens (including phenoxy) is 4. The molecular weight excluding hydrogens is 1220 g/mol. The summed E-state index contributed by atoms with van der Waals surface area (Å²) in [5, 5.41) is 10.6. The Hall–Kier alpha value is -1.94. The molecule has 93 heavy (non-hydrogen) atoms. The standard InChI is InChI=1S/C74H144O17P2/c1-6-9-12-15-18-20-22-23-24-25-26-27-28-29-30-31-35-40-45-50-55-60-74(79)91-70(64-85-72(77)58-53-48-43-38-36-32-34-37-42-46-51-56-67(4)5)66-89-93(82,83)87-62-68(75)61-86-92(80,81)88-65-69(63-84-71(76)57-52-47-41-17-14-11-8-3)90-73(78)59-54-49-44-39-33-21-19-16-13-10-7-2/h67-70,75H,6-66H2,1-5H3,(H,80,81)(H,82,83)/t68-,69+,70+/m0/s1. The molecule has 5 atom stereocenters. The highest BCUT2D eigenvalue weighted by atomic mass is 31.2. The fraction of sp³-hybridized carbons (Fsp3) is 0.946. The molecule has 0 saturated carbocycles. The summed E-state index contributed by atoms with van der Waals surface area (Å²) in [6.45, 7) is 7.23. The quantitative estimate of drug-likeness (QED) is 0.0222. The van der Waals surface area contributed by atoms with E-state index in [4.69, 9.17) is 37.0 Å². The van der Waals surface area contributed by atoms with Crippen LogP contribution in [-0.4, -0.2) is 96.7 Å². The Labute approximate surface area is 568 Å². The van der Waals surface area contributed by atoms with Gasteiger partial charge >= 0.3 is 39.5 Å². The van der Waals surface area contributed by atoms with E-state index in [1.807, 2.05) is 0 Å². The number of aliphatic hydroxyl groups excluding tert-OH is 1. The van der Waals surface area contributed by atoms with Crippen molar-refractivity contribution in [3.05, 3.63) is 0 Å². The first-order valence-corrected chi connectivity index (χ1v) is 41.6. The molecule has 0 heterocycles. The number of carbonyl (C=O) groups excluding carboxylic acids is 4. The number of hydrogen-bond donors (Lipinski definition) is 3. The summed E-state index contributed by atoms with van der Waals surface area (Å²) in [5.41, 5.74) is 0. The molecular formula is C74H144O17P2. The molecule has 0 aliphatic heterocycles. The van der Waals surface area contributed by atoms with Crippen molar-refractivity contribution < 1.29 is 80.2 Å². The van der Waals surface area contributed by atoms with E-state index < -0.39 is 97.5 Å². The van der Waals surface area contributed by atoms with Crippen molar-refractivity contribution in [2.75, 3.05) is 39.6 Å². The third kappa shape index (κ3) is 68.4. The van der Waals surface area contributed by atoms with Crippen LogP contribution in [0.5, 0.6) is 0 Å². The van der Waals surface area contributed by atoms with Crippen LogP contribution >= 0.6 is 15.6 Å². The summed E-state index contributed by atoms with van der Waals surface area (Å²) in [5.74, 6) is -1.35. The fourth-order valence-corrected chi connectivity index (χ4v) is 12.9. The smallest absolute Gasteiger partial charge is 0.462 e.